The normalized spacial score (nSPS) is 16.5. The summed E-state index contributed by atoms with van der Waals surface area (Å²) in [7, 11) is 0. The van der Waals surface area contributed by atoms with E-state index in [4.69, 9.17) is 11.6 Å². The maximum absolute atomic E-state index is 12.9. The Morgan fingerprint density at radius 3 is 2.75 bits per heavy atom. The number of thiophene rings is 1. The van der Waals surface area contributed by atoms with Crippen molar-refractivity contribution in [3.63, 3.8) is 0 Å². The summed E-state index contributed by atoms with van der Waals surface area (Å²) >= 11 is 7.59. The molecule has 1 atom stereocenters. The quantitative estimate of drug-likeness (QED) is 0.754. The Bertz CT molecular complexity index is 870. The standard InChI is InChI=1S/C20H22ClN3O3S/c1-2-18(25)22-13-8-9-14(21)15(12-13)23-19(26)16-6-3-4-10-24(16)20(27)17-7-5-11-28-17/h5,7-9,11-12,16H,2-4,6,10H2,1H3,(H,22,25)(H,23,26). The fourth-order valence-corrected chi connectivity index (χ4v) is 4.00. The van der Waals surface area contributed by atoms with E-state index in [1.54, 1.807) is 36.1 Å². The number of anilines is 2. The highest BCUT2D eigenvalue weighted by Crippen LogP contribution is 2.28. The Hall–Kier alpha value is -2.38. The van der Waals surface area contributed by atoms with Crippen molar-refractivity contribution in [2.24, 2.45) is 0 Å². The van der Waals surface area contributed by atoms with E-state index in [-0.39, 0.29) is 17.7 Å². The van der Waals surface area contributed by atoms with Gasteiger partial charge in [0, 0.05) is 18.7 Å². The van der Waals surface area contributed by atoms with Gasteiger partial charge in [-0.1, -0.05) is 24.6 Å². The molecule has 1 fully saturated rings. The number of carbonyl (C=O) groups is 3. The zero-order chi connectivity index (χ0) is 20.1. The maximum atomic E-state index is 12.9. The molecule has 0 saturated carbocycles. The lowest BCUT2D eigenvalue weighted by molar-refractivity contribution is -0.121. The molecule has 2 heterocycles. The first-order valence-electron chi connectivity index (χ1n) is 9.24. The van der Waals surface area contributed by atoms with Crippen LogP contribution >= 0.6 is 22.9 Å². The van der Waals surface area contributed by atoms with Gasteiger partial charge in [0.25, 0.3) is 5.91 Å². The number of benzene rings is 1. The summed E-state index contributed by atoms with van der Waals surface area (Å²) in [6.07, 6.45) is 2.71. The molecule has 1 aromatic carbocycles. The van der Waals surface area contributed by atoms with Crippen molar-refractivity contribution in [2.75, 3.05) is 17.2 Å². The number of piperidine rings is 1. The van der Waals surface area contributed by atoms with Crippen molar-refractivity contribution in [3.05, 3.63) is 45.6 Å². The molecule has 1 aromatic heterocycles. The van der Waals surface area contributed by atoms with Crippen molar-refractivity contribution >= 4 is 52.0 Å². The molecule has 8 heteroatoms. The van der Waals surface area contributed by atoms with Gasteiger partial charge in [-0.15, -0.1) is 11.3 Å². The SMILES string of the molecule is CCC(=O)Nc1ccc(Cl)c(NC(=O)C2CCCCN2C(=O)c2cccs2)c1. The molecule has 2 aromatic rings. The molecular formula is C20H22ClN3O3S. The second-order valence-electron chi connectivity index (χ2n) is 6.57. The van der Waals surface area contributed by atoms with Crippen LogP contribution in [0.5, 0.6) is 0 Å². The Balaban J connectivity index is 1.76. The fraction of sp³-hybridized carbons (Fsp3) is 0.350. The first-order chi connectivity index (χ1) is 13.5. The third-order valence-corrected chi connectivity index (χ3v) is 5.81. The highest BCUT2D eigenvalue weighted by Gasteiger charge is 2.33. The molecule has 0 spiro atoms. The summed E-state index contributed by atoms with van der Waals surface area (Å²) in [5.74, 6) is -0.519. The second-order valence-corrected chi connectivity index (χ2v) is 7.93. The van der Waals surface area contributed by atoms with Crippen molar-refractivity contribution in [1.29, 1.82) is 0 Å². The zero-order valence-electron chi connectivity index (χ0n) is 15.5. The van der Waals surface area contributed by atoms with Gasteiger partial charge in [-0.25, -0.2) is 0 Å². The lowest BCUT2D eigenvalue weighted by Crippen LogP contribution is -2.49. The van der Waals surface area contributed by atoms with Crippen LogP contribution in [0, 0.1) is 0 Å². The van der Waals surface area contributed by atoms with Crippen LogP contribution in [0.25, 0.3) is 0 Å². The van der Waals surface area contributed by atoms with E-state index in [9.17, 15) is 14.4 Å². The van der Waals surface area contributed by atoms with Crippen LogP contribution in [-0.4, -0.2) is 35.2 Å². The number of hydrogen-bond acceptors (Lipinski definition) is 4. The summed E-state index contributed by atoms with van der Waals surface area (Å²) in [6.45, 7) is 2.31. The van der Waals surface area contributed by atoms with Gasteiger partial charge in [-0.2, -0.15) is 0 Å². The molecule has 1 aliphatic rings. The van der Waals surface area contributed by atoms with Gasteiger partial charge in [0.1, 0.15) is 6.04 Å². The highest BCUT2D eigenvalue weighted by atomic mass is 35.5. The van der Waals surface area contributed by atoms with E-state index in [0.29, 0.717) is 40.7 Å². The molecule has 1 aliphatic heterocycles. The minimum atomic E-state index is -0.548. The first kappa shape index (κ1) is 20.4. The van der Waals surface area contributed by atoms with Gasteiger partial charge in [0.2, 0.25) is 11.8 Å². The van der Waals surface area contributed by atoms with Gasteiger partial charge in [0.05, 0.1) is 15.6 Å². The maximum Gasteiger partial charge on any atom is 0.264 e. The van der Waals surface area contributed by atoms with Gasteiger partial charge < -0.3 is 15.5 Å². The van der Waals surface area contributed by atoms with Crippen LogP contribution in [0.1, 0.15) is 42.3 Å². The number of halogens is 1. The fourth-order valence-electron chi connectivity index (χ4n) is 3.15. The van der Waals surface area contributed by atoms with E-state index in [1.165, 1.54) is 11.3 Å². The molecule has 1 unspecified atom stereocenters. The lowest BCUT2D eigenvalue weighted by Gasteiger charge is -2.34. The Labute approximate surface area is 172 Å². The Morgan fingerprint density at radius 2 is 2.04 bits per heavy atom. The Morgan fingerprint density at radius 1 is 1.21 bits per heavy atom. The molecule has 2 N–H and O–H groups in total. The largest absolute Gasteiger partial charge is 0.326 e. The predicted molar refractivity (Wildman–Crippen MR) is 112 cm³/mol. The predicted octanol–water partition coefficient (Wildman–Crippen LogP) is 4.38. The average Bonchev–Trinajstić information content (AvgIpc) is 3.24. The van der Waals surface area contributed by atoms with Crippen LogP contribution < -0.4 is 10.6 Å². The molecule has 0 radical (unpaired) electrons. The monoisotopic (exact) mass is 419 g/mol. The number of likely N-dealkylation sites (tertiary alicyclic amines) is 1. The molecule has 3 rings (SSSR count). The second kappa shape index (κ2) is 9.21. The molecule has 0 aliphatic carbocycles. The first-order valence-corrected chi connectivity index (χ1v) is 10.5. The summed E-state index contributed by atoms with van der Waals surface area (Å²) in [4.78, 5) is 39.6. The van der Waals surface area contributed by atoms with E-state index in [0.717, 1.165) is 12.8 Å². The van der Waals surface area contributed by atoms with Crippen molar-refractivity contribution in [1.82, 2.24) is 4.90 Å². The lowest BCUT2D eigenvalue weighted by atomic mass is 10.0. The van der Waals surface area contributed by atoms with Gasteiger partial charge in [-0.05, 0) is 48.9 Å². The summed E-state index contributed by atoms with van der Waals surface area (Å²) in [5, 5.41) is 7.79. The number of amides is 3. The third-order valence-electron chi connectivity index (χ3n) is 4.63. The average molecular weight is 420 g/mol. The van der Waals surface area contributed by atoms with Crippen molar-refractivity contribution < 1.29 is 14.4 Å². The van der Waals surface area contributed by atoms with Crippen LogP contribution in [0.2, 0.25) is 5.02 Å². The smallest absolute Gasteiger partial charge is 0.264 e. The van der Waals surface area contributed by atoms with Crippen LogP contribution in [-0.2, 0) is 9.59 Å². The molecule has 0 bridgehead atoms. The molecule has 6 nitrogen and oxygen atoms in total. The summed E-state index contributed by atoms with van der Waals surface area (Å²) in [5.41, 5.74) is 0.969. The van der Waals surface area contributed by atoms with Crippen molar-refractivity contribution in [2.45, 2.75) is 38.6 Å². The topological polar surface area (TPSA) is 78.5 Å². The van der Waals surface area contributed by atoms with E-state index < -0.39 is 6.04 Å². The van der Waals surface area contributed by atoms with Crippen LogP contribution in [0.3, 0.4) is 0 Å². The van der Waals surface area contributed by atoms with Crippen LogP contribution in [0.4, 0.5) is 11.4 Å². The van der Waals surface area contributed by atoms with Gasteiger partial charge in [0.15, 0.2) is 0 Å². The molecule has 148 valence electrons. The minimum Gasteiger partial charge on any atom is -0.326 e. The number of nitrogens with one attached hydrogen (secondary N) is 2. The van der Waals surface area contributed by atoms with E-state index >= 15 is 0 Å². The number of nitrogens with zero attached hydrogens (tertiary/aromatic N) is 1. The van der Waals surface area contributed by atoms with Crippen molar-refractivity contribution in [3.8, 4) is 0 Å². The van der Waals surface area contributed by atoms with E-state index in [2.05, 4.69) is 10.6 Å². The summed E-state index contributed by atoms with van der Waals surface area (Å²) < 4.78 is 0. The number of rotatable bonds is 5. The minimum absolute atomic E-state index is 0.120. The summed E-state index contributed by atoms with van der Waals surface area (Å²) in [6, 6.07) is 7.98. The zero-order valence-corrected chi connectivity index (χ0v) is 17.1. The highest BCUT2D eigenvalue weighted by molar-refractivity contribution is 7.12. The number of carbonyl (C=O) groups excluding carboxylic acids is 3. The Kier molecular flexibility index (Phi) is 6.70. The third kappa shape index (κ3) is 4.72. The van der Waals surface area contributed by atoms with E-state index in [1.807, 2.05) is 11.4 Å². The molecule has 1 saturated heterocycles. The van der Waals surface area contributed by atoms with Crippen LogP contribution in [0.15, 0.2) is 35.7 Å². The van der Waals surface area contributed by atoms with Gasteiger partial charge in [-0.3, -0.25) is 14.4 Å². The molecule has 28 heavy (non-hydrogen) atoms. The molecular weight excluding hydrogens is 398 g/mol. The number of hydrogen-bond donors (Lipinski definition) is 2. The van der Waals surface area contributed by atoms with Gasteiger partial charge >= 0.3 is 0 Å². The molecule has 3 amide bonds.